The Balaban J connectivity index is 1.83. The number of nitrogens with zero attached hydrogens (tertiary/aromatic N) is 2. The summed E-state index contributed by atoms with van der Waals surface area (Å²) in [6.45, 7) is 0. The van der Waals surface area contributed by atoms with Gasteiger partial charge < -0.3 is 4.42 Å². The third kappa shape index (κ3) is 3.24. The van der Waals surface area contributed by atoms with E-state index in [4.69, 9.17) is 4.42 Å². The molecule has 3 aromatic rings. The zero-order valence-corrected chi connectivity index (χ0v) is 11.0. The zero-order valence-electron chi connectivity index (χ0n) is 11.0. The minimum Gasteiger partial charge on any atom is -0.463 e. The number of nitrogens with one attached hydrogen (secondary N) is 2. The van der Waals surface area contributed by atoms with Crippen LogP contribution in [0.5, 0.6) is 0 Å². The van der Waals surface area contributed by atoms with Gasteiger partial charge >= 0.3 is 0 Å². The standard InChI is InChI=1S/C15H12N4O2/c20-14-9-13(11-5-2-1-3-6-11)17-15(18-14)19-16-10-12-7-4-8-21-12/h1-10H,(H2,17,18,19,20)/b16-10+. The average molecular weight is 280 g/mol. The first kappa shape index (κ1) is 12.9. The van der Waals surface area contributed by atoms with E-state index >= 15 is 0 Å². The van der Waals surface area contributed by atoms with Gasteiger partial charge in [0, 0.05) is 11.6 Å². The number of rotatable bonds is 4. The number of aromatic amines is 1. The molecule has 0 unspecified atom stereocenters. The molecule has 0 amide bonds. The van der Waals surface area contributed by atoms with Crippen molar-refractivity contribution < 1.29 is 4.42 Å². The van der Waals surface area contributed by atoms with Crippen LogP contribution < -0.4 is 11.0 Å². The van der Waals surface area contributed by atoms with Gasteiger partial charge in [-0.2, -0.15) is 5.10 Å². The van der Waals surface area contributed by atoms with Crippen molar-refractivity contribution in [1.82, 2.24) is 9.97 Å². The maximum absolute atomic E-state index is 11.7. The molecule has 0 aliphatic carbocycles. The van der Waals surface area contributed by atoms with E-state index in [2.05, 4.69) is 20.5 Å². The molecular weight excluding hydrogens is 268 g/mol. The highest BCUT2D eigenvalue weighted by Crippen LogP contribution is 2.15. The highest BCUT2D eigenvalue weighted by molar-refractivity contribution is 5.76. The van der Waals surface area contributed by atoms with Crippen LogP contribution in [0, 0.1) is 0 Å². The van der Waals surface area contributed by atoms with Gasteiger partial charge in [0.1, 0.15) is 5.76 Å². The summed E-state index contributed by atoms with van der Waals surface area (Å²) in [7, 11) is 0. The molecule has 0 saturated heterocycles. The van der Waals surface area contributed by atoms with Crippen molar-refractivity contribution >= 4 is 12.2 Å². The molecular formula is C15H12N4O2. The summed E-state index contributed by atoms with van der Waals surface area (Å²) in [5.41, 5.74) is 3.87. The summed E-state index contributed by atoms with van der Waals surface area (Å²) in [4.78, 5) is 18.6. The molecule has 0 atom stereocenters. The van der Waals surface area contributed by atoms with E-state index < -0.39 is 0 Å². The number of hydrogen-bond donors (Lipinski definition) is 2. The van der Waals surface area contributed by atoms with Gasteiger partial charge in [0.05, 0.1) is 18.2 Å². The van der Waals surface area contributed by atoms with Gasteiger partial charge in [-0.15, -0.1) is 0 Å². The van der Waals surface area contributed by atoms with Gasteiger partial charge in [0.15, 0.2) is 0 Å². The number of hydrogen-bond acceptors (Lipinski definition) is 5. The zero-order chi connectivity index (χ0) is 14.5. The Morgan fingerprint density at radius 1 is 1.19 bits per heavy atom. The molecule has 0 fully saturated rings. The Morgan fingerprint density at radius 3 is 2.81 bits per heavy atom. The molecule has 2 N–H and O–H groups in total. The number of aromatic nitrogens is 2. The van der Waals surface area contributed by atoms with Crippen molar-refractivity contribution in [3.05, 3.63) is 70.9 Å². The van der Waals surface area contributed by atoms with Crippen LogP contribution in [0.25, 0.3) is 11.3 Å². The molecule has 2 aromatic heterocycles. The minimum atomic E-state index is -0.250. The molecule has 0 spiro atoms. The van der Waals surface area contributed by atoms with Crippen LogP contribution in [0.15, 0.2) is 69.1 Å². The van der Waals surface area contributed by atoms with Crippen LogP contribution in [-0.2, 0) is 0 Å². The predicted molar refractivity (Wildman–Crippen MR) is 80.2 cm³/mol. The Hall–Kier alpha value is -3.15. The van der Waals surface area contributed by atoms with Gasteiger partial charge in [0.25, 0.3) is 5.56 Å². The number of benzene rings is 1. The van der Waals surface area contributed by atoms with Crippen molar-refractivity contribution in [3.8, 4) is 11.3 Å². The normalized spacial score (nSPS) is 10.9. The van der Waals surface area contributed by atoms with Crippen molar-refractivity contribution in [2.24, 2.45) is 5.10 Å². The lowest BCUT2D eigenvalue weighted by Crippen LogP contribution is -2.10. The van der Waals surface area contributed by atoms with Crippen molar-refractivity contribution in [2.75, 3.05) is 5.43 Å². The number of H-pyrrole nitrogens is 1. The minimum absolute atomic E-state index is 0.250. The van der Waals surface area contributed by atoms with E-state index in [1.54, 1.807) is 18.4 Å². The van der Waals surface area contributed by atoms with Gasteiger partial charge in [-0.05, 0) is 12.1 Å². The topological polar surface area (TPSA) is 83.3 Å². The number of anilines is 1. The van der Waals surface area contributed by atoms with Gasteiger partial charge in [-0.25, -0.2) is 10.4 Å². The smallest absolute Gasteiger partial charge is 0.252 e. The van der Waals surface area contributed by atoms with E-state index in [-0.39, 0.29) is 11.5 Å². The van der Waals surface area contributed by atoms with Crippen LogP contribution in [0.1, 0.15) is 5.76 Å². The first-order valence-corrected chi connectivity index (χ1v) is 6.31. The quantitative estimate of drug-likeness (QED) is 0.568. The fourth-order valence-electron chi connectivity index (χ4n) is 1.79. The summed E-state index contributed by atoms with van der Waals surface area (Å²) in [5, 5.41) is 3.96. The molecule has 2 heterocycles. The second kappa shape index (κ2) is 5.87. The van der Waals surface area contributed by atoms with Gasteiger partial charge in [0.2, 0.25) is 5.95 Å². The van der Waals surface area contributed by atoms with Crippen LogP contribution in [0.2, 0.25) is 0 Å². The lowest BCUT2D eigenvalue weighted by Gasteiger charge is -2.03. The van der Waals surface area contributed by atoms with Crippen molar-refractivity contribution in [3.63, 3.8) is 0 Å². The maximum Gasteiger partial charge on any atom is 0.252 e. The molecule has 0 saturated carbocycles. The molecule has 3 rings (SSSR count). The molecule has 6 heteroatoms. The average Bonchev–Trinajstić information content (AvgIpc) is 3.01. The predicted octanol–water partition coefficient (Wildman–Crippen LogP) is 2.48. The van der Waals surface area contributed by atoms with Crippen molar-refractivity contribution in [2.45, 2.75) is 0 Å². The summed E-state index contributed by atoms with van der Waals surface area (Å²) in [6, 6.07) is 14.4. The van der Waals surface area contributed by atoms with Crippen molar-refractivity contribution in [1.29, 1.82) is 0 Å². The Morgan fingerprint density at radius 2 is 2.05 bits per heavy atom. The molecule has 6 nitrogen and oxygen atoms in total. The molecule has 0 radical (unpaired) electrons. The highest BCUT2D eigenvalue weighted by atomic mass is 16.3. The second-order valence-electron chi connectivity index (χ2n) is 4.23. The molecule has 0 aliphatic heterocycles. The van der Waals surface area contributed by atoms with Crippen LogP contribution in [-0.4, -0.2) is 16.2 Å². The van der Waals surface area contributed by atoms with Gasteiger partial charge in [-0.1, -0.05) is 30.3 Å². The van der Waals surface area contributed by atoms with Crippen LogP contribution in [0.3, 0.4) is 0 Å². The largest absolute Gasteiger partial charge is 0.463 e. The van der Waals surface area contributed by atoms with E-state index in [9.17, 15) is 4.79 Å². The fraction of sp³-hybridized carbons (Fsp3) is 0. The molecule has 0 aliphatic rings. The monoisotopic (exact) mass is 280 g/mol. The van der Waals surface area contributed by atoms with E-state index in [0.29, 0.717) is 11.5 Å². The Bertz CT molecular complexity index is 792. The maximum atomic E-state index is 11.7. The first-order valence-electron chi connectivity index (χ1n) is 6.31. The molecule has 21 heavy (non-hydrogen) atoms. The second-order valence-corrected chi connectivity index (χ2v) is 4.23. The molecule has 104 valence electrons. The van der Waals surface area contributed by atoms with E-state index in [1.165, 1.54) is 12.3 Å². The first-order chi connectivity index (χ1) is 10.3. The van der Waals surface area contributed by atoms with Gasteiger partial charge in [-0.3, -0.25) is 9.78 Å². The summed E-state index contributed by atoms with van der Waals surface area (Å²) in [6.07, 6.45) is 3.05. The lowest BCUT2D eigenvalue weighted by atomic mass is 10.1. The third-order valence-corrected chi connectivity index (χ3v) is 2.72. The molecule has 0 bridgehead atoms. The van der Waals surface area contributed by atoms with E-state index in [1.807, 2.05) is 30.3 Å². The highest BCUT2D eigenvalue weighted by Gasteiger charge is 2.02. The SMILES string of the molecule is O=c1cc(-c2ccccc2)nc(N/N=C/c2ccco2)[nH]1. The summed E-state index contributed by atoms with van der Waals surface area (Å²) >= 11 is 0. The third-order valence-electron chi connectivity index (χ3n) is 2.72. The summed E-state index contributed by atoms with van der Waals surface area (Å²) in [5.74, 6) is 0.869. The number of furan rings is 1. The summed E-state index contributed by atoms with van der Waals surface area (Å²) < 4.78 is 5.11. The van der Waals surface area contributed by atoms with Crippen LogP contribution in [0.4, 0.5) is 5.95 Å². The molecule has 1 aromatic carbocycles. The fourth-order valence-corrected chi connectivity index (χ4v) is 1.79. The Labute approximate surface area is 120 Å². The lowest BCUT2D eigenvalue weighted by molar-refractivity contribution is 0.560. The van der Waals surface area contributed by atoms with Crippen LogP contribution >= 0.6 is 0 Å². The Kier molecular flexibility index (Phi) is 3.60. The number of hydrazone groups is 1. The van der Waals surface area contributed by atoms with E-state index in [0.717, 1.165) is 5.56 Å².